The molecule has 0 aromatic heterocycles. The number of hydrogen-bond acceptors (Lipinski definition) is 3. The molecule has 1 N–H and O–H groups in total. The van der Waals surface area contributed by atoms with Crippen LogP contribution in [0.15, 0.2) is 0 Å². The van der Waals surface area contributed by atoms with Gasteiger partial charge in [0.15, 0.2) is 0 Å². The van der Waals surface area contributed by atoms with Crippen molar-refractivity contribution in [3.05, 3.63) is 0 Å². The standard InChI is InChI=1S/C10H17NO4/c1-2-3-7-15-10(14)11-6-4-5-8(11)9(12)13/h8H,2-7H2,1H3,(H,12,13)/t8-/m1/s1. The highest BCUT2D eigenvalue weighted by Crippen LogP contribution is 2.18. The molecule has 5 nitrogen and oxygen atoms in total. The fourth-order valence-electron chi connectivity index (χ4n) is 1.63. The van der Waals surface area contributed by atoms with Gasteiger partial charge in [0.25, 0.3) is 0 Å². The Morgan fingerprint density at radius 2 is 2.27 bits per heavy atom. The van der Waals surface area contributed by atoms with Gasteiger partial charge in [-0.15, -0.1) is 0 Å². The lowest BCUT2D eigenvalue weighted by Crippen LogP contribution is -2.40. The maximum Gasteiger partial charge on any atom is 0.410 e. The molecule has 1 amide bonds. The molecule has 1 heterocycles. The lowest BCUT2D eigenvalue weighted by atomic mass is 10.2. The van der Waals surface area contributed by atoms with Crippen LogP contribution >= 0.6 is 0 Å². The second kappa shape index (κ2) is 5.58. The Balaban J connectivity index is 2.40. The highest BCUT2D eigenvalue weighted by Gasteiger charge is 2.34. The summed E-state index contributed by atoms with van der Waals surface area (Å²) in [7, 11) is 0. The monoisotopic (exact) mass is 215 g/mol. The molecular weight excluding hydrogens is 198 g/mol. The van der Waals surface area contributed by atoms with Crippen molar-refractivity contribution in [2.75, 3.05) is 13.2 Å². The summed E-state index contributed by atoms with van der Waals surface area (Å²) >= 11 is 0. The third kappa shape index (κ3) is 3.11. The first kappa shape index (κ1) is 11.8. The van der Waals surface area contributed by atoms with Crippen LogP contribution in [0.5, 0.6) is 0 Å². The van der Waals surface area contributed by atoms with E-state index in [9.17, 15) is 9.59 Å². The molecule has 86 valence electrons. The number of hydrogen-bond donors (Lipinski definition) is 1. The van der Waals surface area contributed by atoms with Crippen LogP contribution in [0.3, 0.4) is 0 Å². The molecule has 0 bridgehead atoms. The normalized spacial score (nSPS) is 20.3. The molecular formula is C10H17NO4. The summed E-state index contributed by atoms with van der Waals surface area (Å²) < 4.78 is 4.97. The molecule has 1 fully saturated rings. The Morgan fingerprint density at radius 1 is 1.53 bits per heavy atom. The van der Waals surface area contributed by atoms with E-state index in [0.29, 0.717) is 19.6 Å². The number of unbranched alkanes of at least 4 members (excludes halogenated alkanes) is 1. The molecule has 0 spiro atoms. The third-order valence-corrected chi connectivity index (χ3v) is 2.50. The summed E-state index contributed by atoms with van der Waals surface area (Å²) in [6.07, 6.45) is 2.54. The van der Waals surface area contributed by atoms with E-state index in [1.54, 1.807) is 0 Å². The second-order valence-corrected chi connectivity index (χ2v) is 3.66. The van der Waals surface area contributed by atoms with Crippen molar-refractivity contribution in [2.45, 2.75) is 38.6 Å². The number of aliphatic carboxylic acids is 1. The molecule has 0 unspecified atom stereocenters. The Bertz CT molecular complexity index is 242. The summed E-state index contributed by atoms with van der Waals surface area (Å²) in [4.78, 5) is 23.6. The van der Waals surface area contributed by atoms with Crippen LogP contribution in [0.25, 0.3) is 0 Å². The van der Waals surface area contributed by atoms with Crippen molar-refractivity contribution in [1.82, 2.24) is 4.90 Å². The summed E-state index contributed by atoms with van der Waals surface area (Å²) in [5.74, 6) is -0.944. The number of ether oxygens (including phenoxy) is 1. The van der Waals surface area contributed by atoms with E-state index in [-0.39, 0.29) is 0 Å². The Hall–Kier alpha value is -1.26. The fourth-order valence-corrected chi connectivity index (χ4v) is 1.63. The lowest BCUT2D eigenvalue weighted by molar-refractivity contribution is -0.141. The minimum atomic E-state index is -0.944. The van der Waals surface area contributed by atoms with Crippen molar-refractivity contribution >= 4 is 12.1 Å². The molecule has 1 rings (SSSR count). The number of nitrogens with zero attached hydrogens (tertiary/aromatic N) is 1. The van der Waals surface area contributed by atoms with Crippen LogP contribution in [0, 0.1) is 0 Å². The first-order chi connectivity index (χ1) is 7.16. The number of likely N-dealkylation sites (tertiary alicyclic amines) is 1. The first-order valence-corrected chi connectivity index (χ1v) is 5.33. The average molecular weight is 215 g/mol. The summed E-state index contributed by atoms with van der Waals surface area (Å²) in [5, 5.41) is 8.85. The van der Waals surface area contributed by atoms with Gasteiger partial charge in [-0.1, -0.05) is 13.3 Å². The van der Waals surface area contributed by atoms with E-state index in [0.717, 1.165) is 19.3 Å². The number of carboxylic acid groups (broad SMARTS) is 1. The van der Waals surface area contributed by atoms with E-state index in [4.69, 9.17) is 9.84 Å². The number of rotatable bonds is 4. The van der Waals surface area contributed by atoms with Gasteiger partial charge in [0.2, 0.25) is 0 Å². The minimum Gasteiger partial charge on any atom is -0.480 e. The van der Waals surface area contributed by atoms with E-state index >= 15 is 0 Å². The largest absolute Gasteiger partial charge is 0.480 e. The van der Waals surface area contributed by atoms with Crippen LogP contribution in [-0.4, -0.2) is 41.3 Å². The molecule has 0 aliphatic carbocycles. The molecule has 1 saturated heterocycles. The zero-order chi connectivity index (χ0) is 11.3. The maximum atomic E-state index is 11.5. The molecule has 1 atom stereocenters. The molecule has 15 heavy (non-hydrogen) atoms. The van der Waals surface area contributed by atoms with E-state index in [1.807, 2.05) is 6.92 Å². The topological polar surface area (TPSA) is 66.8 Å². The maximum absolute atomic E-state index is 11.5. The molecule has 0 aromatic rings. The quantitative estimate of drug-likeness (QED) is 0.721. The van der Waals surface area contributed by atoms with Crippen molar-refractivity contribution in [2.24, 2.45) is 0 Å². The zero-order valence-corrected chi connectivity index (χ0v) is 8.94. The van der Waals surface area contributed by atoms with E-state index in [2.05, 4.69) is 0 Å². The Labute approximate surface area is 89.0 Å². The van der Waals surface area contributed by atoms with Crippen LogP contribution < -0.4 is 0 Å². The van der Waals surface area contributed by atoms with Gasteiger partial charge in [-0.25, -0.2) is 9.59 Å². The molecule has 0 radical (unpaired) electrons. The zero-order valence-electron chi connectivity index (χ0n) is 8.94. The number of carboxylic acids is 1. The van der Waals surface area contributed by atoms with Gasteiger partial charge < -0.3 is 9.84 Å². The van der Waals surface area contributed by atoms with Gasteiger partial charge in [0.05, 0.1) is 6.61 Å². The third-order valence-electron chi connectivity index (χ3n) is 2.50. The SMILES string of the molecule is CCCCOC(=O)N1CCC[C@@H]1C(=O)O. The van der Waals surface area contributed by atoms with Crippen LogP contribution in [-0.2, 0) is 9.53 Å². The van der Waals surface area contributed by atoms with Gasteiger partial charge in [-0.2, -0.15) is 0 Å². The van der Waals surface area contributed by atoms with Crippen molar-refractivity contribution in [3.8, 4) is 0 Å². The average Bonchev–Trinajstić information content (AvgIpc) is 2.66. The fraction of sp³-hybridized carbons (Fsp3) is 0.800. The van der Waals surface area contributed by atoms with Gasteiger partial charge in [0, 0.05) is 6.54 Å². The van der Waals surface area contributed by atoms with E-state index in [1.165, 1.54) is 4.90 Å². The highest BCUT2D eigenvalue weighted by molar-refractivity contribution is 5.80. The molecule has 1 aliphatic rings. The number of carbonyl (C=O) groups excluding carboxylic acids is 1. The van der Waals surface area contributed by atoms with Crippen LogP contribution in [0.4, 0.5) is 4.79 Å². The lowest BCUT2D eigenvalue weighted by Gasteiger charge is -2.20. The van der Waals surface area contributed by atoms with Gasteiger partial charge in [0.1, 0.15) is 6.04 Å². The van der Waals surface area contributed by atoms with Crippen LogP contribution in [0.1, 0.15) is 32.6 Å². The van der Waals surface area contributed by atoms with Gasteiger partial charge >= 0.3 is 12.1 Å². The smallest absolute Gasteiger partial charge is 0.410 e. The van der Waals surface area contributed by atoms with Crippen molar-refractivity contribution in [1.29, 1.82) is 0 Å². The molecule has 0 aromatic carbocycles. The van der Waals surface area contributed by atoms with Crippen LogP contribution in [0.2, 0.25) is 0 Å². The highest BCUT2D eigenvalue weighted by atomic mass is 16.6. The molecule has 1 aliphatic heterocycles. The predicted octanol–water partition coefficient (Wildman–Crippen LogP) is 1.47. The molecule has 0 saturated carbocycles. The van der Waals surface area contributed by atoms with E-state index < -0.39 is 18.1 Å². The predicted molar refractivity (Wildman–Crippen MR) is 53.6 cm³/mol. The Kier molecular flexibility index (Phi) is 4.39. The first-order valence-electron chi connectivity index (χ1n) is 5.33. The molecule has 5 heteroatoms. The minimum absolute atomic E-state index is 0.373. The number of carbonyl (C=O) groups is 2. The van der Waals surface area contributed by atoms with Gasteiger partial charge in [-0.3, -0.25) is 4.90 Å². The summed E-state index contributed by atoms with van der Waals surface area (Å²) in [6, 6.07) is -0.695. The second-order valence-electron chi connectivity index (χ2n) is 3.66. The number of amides is 1. The van der Waals surface area contributed by atoms with Crippen molar-refractivity contribution in [3.63, 3.8) is 0 Å². The summed E-state index contributed by atoms with van der Waals surface area (Å²) in [6.45, 7) is 2.86. The van der Waals surface area contributed by atoms with Gasteiger partial charge in [-0.05, 0) is 19.3 Å². The summed E-state index contributed by atoms with van der Waals surface area (Å²) in [5.41, 5.74) is 0. The van der Waals surface area contributed by atoms with Crippen molar-refractivity contribution < 1.29 is 19.4 Å². The Morgan fingerprint density at radius 3 is 2.87 bits per heavy atom.